The fraction of sp³-hybridized carbons (Fsp3) is 0.889. The van der Waals surface area contributed by atoms with Gasteiger partial charge >= 0.3 is 6.18 Å². The van der Waals surface area contributed by atoms with Crippen LogP contribution in [-0.2, 0) is 14.6 Å². The zero-order valence-electron chi connectivity index (χ0n) is 9.75. The van der Waals surface area contributed by atoms with Crippen molar-refractivity contribution in [1.29, 1.82) is 0 Å². The Hall–Kier alpha value is -0.830. The molecule has 1 rings (SSSR count). The van der Waals surface area contributed by atoms with Gasteiger partial charge in [-0.25, -0.2) is 8.42 Å². The van der Waals surface area contributed by atoms with Crippen LogP contribution in [0.2, 0.25) is 0 Å². The minimum atomic E-state index is -4.29. The molecule has 2 unspecified atom stereocenters. The van der Waals surface area contributed by atoms with E-state index in [1.807, 2.05) is 0 Å². The van der Waals surface area contributed by atoms with Gasteiger partial charge in [0.15, 0.2) is 9.84 Å². The minimum Gasteiger partial charge on any atom is -0.351 e. The molecule has 0 aromatic rings. The zero-order chi connectivity index (χ0) is 14.0. The first kappa shape index (κ1) is 15.2. The summed E-state index contributed by atoms with van der Waals surface area (Å²) in [5.74, 6) is -1.33. The highest BCUT2D eigenvalue weighted by molar-refractivity contribution is 7.91. The smallest absolute Gasteiger partial charge is 0.351 e. The van der Waals surface area contributed by atoms with Gasteiger partial charge in [-0.3, -0.25) is 4.79 Å². The summed E-state index contributed by atoms with van der Waals surface area (Å²) in [6, 6.07) is -2.02. The molecule has 106 valence electrons. The van der Waals surface area contributed by atoms with Crippen molar-refractivity contribution in [2.24, 2.45) is 0 Å². The maximum absolute atomic E-state index is 12.3. The van der Waals surface area contributed by atoms with Crippen molar-refractivity contribution in [2.75, 3.05) is 18.6 Å². The lowest BCUT2D eigenvalue weighted by Gasteiger charge is -2.31. The molecule has 1 amide bonds. The summed E-state index contributed by atoms with van der Waals surface area (Å²) in [6.07, 6.45) is -3.33. The molecule has 2 N–H and O–H groups in total. The fourth-order valence-electron chi connectivity index (χ4n) is 1.77. The first-order valence-electron chi connectivity index (χ1n) is 5.35. The summed E-state index contributed by atoms with van der Waals surface area (Å²) in [7, 11) is -3.42. The summed E-state index contributed by atoms with van der Waals surface area (Å²) >= 11 is 0. The van der Waals surface area contributed by atoms with Crippen LogP contribution in [0.1, 0.15) is 12.8 Å². The molecule has 0 aromatic heterocycles. The Bertz CT molecular complexity index is 400. The second-order valence-electron chi connectivity index (χ2n) is 4.41. The quantitative estimate of drug-likeness (QED) is 0.756. The van der Waals surface area contributed by atoms with Crippen LogP contribution in [0.5, 0.6) is 0 Å². The van der Waals surface area contributed by atoms with E-state index in [-0.39, 0.29) is 19.4 Å². The van der Waals surface area contributed by atoms with E-state index in [9.17, 15) is 26.4 Å². The number of hydrogen-bond donors (Lipinski definition) is 2. The van der Waals surface area contributed by atoms with Gasteiger partial charge in [0.05, 0.1) is 0 Å². The number of alkyl halides is 3. The number of carbonyl (C=O) groups excluding carboxylic acids is 1. The highest BCUT2D eigenvalue weighted by Crippen LogP contribution is 2.26. The summed E-state index contributed by atoms with van der Waals surface area (Å²) in [4.78, 5) is 11.3. The third-order valence-electron chi connectivity index (χ3n) is 2.57. The zero-order valence-corrected chi connectivity index (χ0v) is 10.6. The van der Waals surface area contributed by atoms with Crippen molar-refractivity contribution >= 4 is 15.7 Å². The van der Waals surface area contributed by atoms with E-state index in [2.05, 4.69) is 10.6 Å². The molecular weight excluding hydrogens is 273 g/mol. The standard InChI is InChI=1S/C9H15F3N2O3S/c1-18(16,17)5-8(15)14-6-2-3-7(13-4-6)9(10,11)12/h6-7,13H,2-5H2,1H3,(H,14,15). The van der Waals surface area contributed by atoms with Gasteiger partial charge in [0, 0.05) is 18.8 Å². The van der Waals surface area contributed by atoms with E-state index in [1.54, 1.807) is 0 Å². The van der Waals surface area contributed by atoms with Crippen LogP contribution < -0.4 is 10.6 Å². The predicted molar refractivity (Wildman–Crippen MR) is 58.7 cm³/mol. The first-order chi connectivity index (χ1) is 8.08. The van der Waals surface area contributed by atoms with E-state index in [0.717, 1.165) is 6.26 Å². The van der Waals surface area contributed by atoms with Crippen LogP contribution in [0.4, 0.5) is 13.2 Å². The summed E-state index contributed by atoms with van der Waals surface area (Å²) in [5, 5.41) is 4.69. The van der Waals surface area contributed by atoms with Gasteiger partial charge in [-0.1, -0.05) is 0 Å². The number of halogens is 3. The SMILES string of the molecule is CS(=O)(=O)CC(=O)NC1CCC(C(F)(F)F)NC1. The molecule has 5 nitrogen and oxygen atoms in total. The number of rotatable bonds is 3. The Morgan fingerprint density at radius 1 is 1.39 bits per heavy atom. The molecule has 0 bridgehead atoms. The Labute approximate surface area is 103 Å². The van der Waals surface area contributed by atoms with Crippen LogP contribution >= 0.6 is 0 Å². The van der Waals surface area contributed by atoms with Gasteiger partial charge in [0.1, 0.15) is 11.8 Å². The molecule has 0 spiro atoms. The number of nitrogens with one attached hydrogen (secondary N) is 2. The molecule has 1 aliphatic heterocycles. The summed E-state index contributed by atoms with van der Waals surface area (Å²) < 4.78 is 58.7. The Kier molecular flexibility index (Phi) is 4.60. The number of carbonyl (C=O) groups is 1. The normalized spacial score (nSPS) is 25.8. The number of sulfone groups is 1. The van der Waals surface area contributed by atoms with Crippen molar-refractivity contribution in [3.05, 3.63) is 0 Å². The van der Waals surface area contributed by atoms with E-state index in [0.29, 0.717) is 0 Å². The largest absolute Gasteiger partial charge is 0.403 e. The molecular formula is C9H15F3N2O3S. The fourth-order valence-corrected chi connectivity index (χ4v) is 2.33. The maximum Gasteiger partial charge on any atom is 0.403 e. The minimum absolute atomic E-state index is 0.0142. The van der Waals surface area contributed by atoms with Crippen molar-refractivity contribution in [3.8, 4) is 0 Å². The monoisotopic (exact) mass is 288 g/mol. The van der Waals surface area contributed by atoms with Crippen molar-refractivity contribution in [2.45, 2.75) is 31.1 Å². The molecule has 2 atom stereocenters. The van der Waals surface area contributed by atoms with Crippen molar-refractivity contribution < 1.29 is 26.4 Å². The molecule has 1 aliphatic rings. The molecule has 0 radical (unpaired) electrons. The number of amides is 1. The van der Waals surface area contributed by atoms with Gasteiger partial charge in [-0.15, -0.1) is 0 Å². The average Bonchev–Trinajstić information content (AvgIpc) is 2.13. The van der Waals surface area contributed by atoms with Gasteiger partial charge in [0.25, 0.3) is 0 Å². The second-order valence-corrected chi connectivity index (χ2v) is 6.55. The van der Waals surface area contributed by atoms with E-state index < -0.39 is 39.8 Å². The predicted octanol–water partition coefficient (Wildman–Crippen LogP) is -0.170. The number of hydrogen-bond acceptors (Lipinski definition) is 4. The molecule has 0 aliphatic carbocycles. The van der Waals surface area contributed by atoms with E-state index in [1.165, 1.54) is 0 Å². The van der Waals surface area contributed by atoms with Crippen LogP contribution in [0.15, 0.2) is 0 Å². The lowest BCUT2D eigenvalue weighted by Crippen LogP contribution is -2.54. The maximum atomic E-state index is 12.3. The first-order valence-corrected chi connectivity index (χ1v) is 7.41. The van der Waals surface area contributed by atoms with Crippen LogP contribution in [0.3, 0.4) is 0 Å². The second kappa shape index (κ2) is 5.43. The van der Waals surface area contributed by atoms with Crippen LogP contribution in [-0.4, -0.2) is 51.1 Å². The Morgan fingerprint density at radius 3 is 2.39 bits per heavy atom. The van der Waals surface area contributed by atoms with Gasteiger partial charge in [-0.05, 0) is 12.8 Å². The lowest BCUT2D eigenvalue weighted by atomic mass is 10.0. The van der Waals surface area contributed by atoms with Crippen molar-refractivity contribution in [1.82, 2.24) is 10.6 Å². The van der Waals surface area contributed by atoms with Crippen molar-refractivity contribution in [3.63, 3.8) is 0 Å². The molecule has 9 heteroatoms. The highest BCUT2D eigenvalue weighted by Gasteiger charge is 2.41. The Balaban J connectivity index is 2.38. The molecule has 1 fully saturated rings. The van der Waals surface area contributed by atoms with E-state index >= 15 is 0 Å². The topological polar surface area (TPSA) is 75.3 Å². The van der Waals surface area contributed by atoms with E-state index in [4.69, 9.17) is 0 Å². The highest BCUT2D eigenvalue weighted by atomic mass is 32.2. The van der Waals surface area contributed by atoms with Gasteiger partial charge in [0.2, 0.25) is 5.91 Å². The molecule has 0 saturated carbocycles. The number of piperidine rings is 1. The molecule has 0 aromatic carbocycles. The third-order valence-corrected chi connectivity index (χ3v) is 3.35. The van der Waals surface area contributed by atoms with Gasteiger partial charge in [-0.2, -0.15) is 13.2 Å². The van der Waals surface area contributed by atoms with Gasteiger partial charge < -0.3 is 10.6 Å². The Morgan fingerprint density at radius 2 is 2.00 bits per heavy atom. The molecule has 1 saturated heterocycles. The van der Waals surface area contributed by atoms with Crippen LogP contribution in [0.25, 0.3) is 0 Å². The average molecular weight is 288 g/mol. The summed E-state index contributed by atoms with van der Waals surface area (Å²) in [5.41, 5.74) is 0. The molecule has 18 heavy (non-hydrogen) atoms. The third kappa shape index (κ3) is 5.21. The lowest BCUT2D eigenvalue weighted by molar-refractivity contribution is -0.161. The summed E-state index contributed by atoms with van der Waals surface area (Å²) in [6.45, 7) is -0.0142. The van der Waals surface area contributed by atoms with Crippen LogP contribution in [0, 0.1) is 0 Å². The molecule has 1 heterocycles.